The van der Waals surface area contributed by atoms with Gasteiger partial charge in [0.15, 0.2) is 0 Å². The topological polar surface area (TPSA) is 21.1 Å². The lowest BCUT2D eigenvalue weighted by molar-refractivity contribution is 0.318. The Hall–Kier alpha value is -1.68. The number of halogens is 1. The highest BCUT2D eigenvalue weighted by molar-refractivity contribution is 5.18. The number of benzene rings is 1. The monoisotopic (exact) mass is 247 g/mol. The van der Waals surface area contributed by atoms with Crippen LogP contribution in [0.2, 0.25) is 0 Å². The van der Waals surface area contributed by atoms with Gasteiger partial charge in [0, 0.05) is 31.4 Å². The van der Waals surface area contributed by atoms with Crippen molar-refractivity contribution in [1.82, 2.24) is 14.7 Å². The highest BCUT2D eigenvalue weighted by atomic mass is 19.1. The van der Waals surface area contributed by atoms with Crippen molar-refractivity contribution in [3.8, 4) is 0 Å². The fourth-order valence-corrected chi connectivity index (χ4v) is 1.99. The van der Waals surface area contributed by atoms with Crippen molar-refractivity contribution in [2.75, 3.05) is 7.05 Å². The molecule has 0 amide bonds. The van der Waals surface area contributed by atoms with E-state index in [2.05, 4.69) is 16.9 Å². The zero-order valence-electron chi connectivity index (χ0n) is 11.0. The van der Waals surface area contributed by atoms with Crippen molar-refractivity contribution in [1.29, 1.82) is 0 Å². The third-order valence-electron chi connectivity index (χ3n) is 3.12. The Balaban J connectivity index is 2.01. The third kappa shape index (κ3) is 2.96. The first-order valence-corrected chi connectivity index (χ1v) is 5.96. The molecule has 0 radical (unpaired) electrons. The van der Waals surface area contributed by atoms with Crippen LogP contribution in [0.4, 0.5) is 4.39 Å². The van der Waals surface area contributed by atoms with Gasteiger partial charge in [-0.1, -0.05) is 12.1 Å². The first-order chi connectivity index (χ1) is 8.56. The molecule has 0 aliphatic heterocycles. The van der Waals surface area contributed by atoms with Crippen LogP contribution in [0.1, 0.15) is 16.8 Å². The molecule has 0 N–H and O–H groups in total. The van der Waals surface area contributed by atoms with E-state index in [0.29, 0.717) is 0 Å². The zero-order valence-corrected chi connectivity index (χ0v) is 11.0. The van der Waals surface area contributed by atoms with Crippen LogP contribution in [-0.2, 0) is 20.1 Å². The predicted octanol–water partition coefficient (Wildman–Crippen LogP) is 2.50. The Bertz CT molecular complexity index is 534. The summed E-state index contributed by atoms with van der Waals surface area (Å²) in [6.07, 6.45) is 1.89. The average Bonchev–Trinajstić information content (AvgIpc) is 2.61. The van der Waals surface area contributed by atoms with Gasteiger partial charge in [-0.05, 0) is 31.7 Å². The molecule has 0 atom stereocenters. The summed E-state index contributed by atoms with van der Waals surface area (Å²) in [5, 5.41) is 4.22. The van der Waals surface area contributed by atoms with E-state index >= 15 is 0 Å². The van der Waals surface area contributed by atoms with Crippen molar-refractivity contribution in [3.05, 3.63) is 53.1 Å². The summed E-state index contributed by atoms with van der Waals surface area (Å²) in [5.74, 6) is -0.182. The van der Waals surface area contributed by atoms with Gasteiger partial charge in [0.05, 0.1) is 6.20 Å². The van der Waals surface area contributed by atoms with Gasteiger partial charge >= 0.3 is 0 Å². The van der Waals surface area contributed by atoms with Gasteiger partial charge in [0.2, 0.25) is 0 Å². The van der Waals surface area contributed by atoms with Crippen LogP contribution in [0.25, 0.3) is 0 Å². The molecule has 1 heterocycles. The highest BCUT2D eigenvalue weighted by Crippen LogP contribution is 2.11. The molecule has 0 saturated heterocycles. The molecule has 0 aliphatic carbocycles. The zero-order chi connectivity index (χ0) is 13.1. The van der Waals surface area contributed by atoms with E-state index < -0.39 is 0 Å². The van der Waals surface area contributed by atoms with Gasteiger partial charge in [-0.2, -0.15) is 5.10 Å². The summed E-state index contributed by atoms with van der Waals surface area (Å²) in [7, 11) is 3.96. The number of hydrogen-bond acceptors (Lipinski definition) is 2. The maximum absolute atomic E-state index is 13.1. The molecule has 2 rings (SSSR count). The molecule has 0 bridgehead atoms. The molecule has 0 aliphatic rings. The predicted molar refractivity (Wildman–Crippen MR) is 69.5 cm³/mol. The van der Waals surface area contributed by atoms with E-state index in [-0.39, 0.29) is 5.82 Å². The Labute approximate surface area is 107 Å². The van der Waals surface area contributed by atoms with E-state index in [1.807, 2.05) is 31.0 Å². The van der Waals surface area contributed by atoms with E-state index in [0.717, 1.165) is 18.7 Å². The molecule has 0 spiro atoms. The van der Waals surface area contributed by atoms with Crippen LogP contribution in [-0.4, -0.2) is 21.7 Å². The fourth-order valence-electron chi connectivity index (χ4n) is 1.99. The standard InChI is InChI=1S/C14H18FN3/c1-11-13(8-16-18(11)3)10-17(2)9-12-5-4-6-14(15)7-12/h4-8H,9-10H2,1-3H3. The summed E-state index contributed by atoms with van der Waals surface area (Å²) < 4.78 is 14.9. The van der Waals surface area contributed by atoms with Crippen LogP contribution in [0.15, 0.2) is 30.5 Å². The van der Waals surface area contributed by atoms with Gasteiger partial charge in [0.1, 0.15) is 5.82 Å². The minimum absolute atomic E-state index is 0.182. The molecule has 96 valence electrons. The summed E-state index contributed by atoms with van der Waals surface area (Å²) in [6, 6.07) is 6.73. The minimum Gasteiger partial charge on any atom is -0.298 e. The van der Waals surface area contributed by atoms with E-state index in [1.165, 1.54) is 17.3 Å². The summed E-state index contributed by atoms with van der Waals surface area (Å²) in [5.41, 5.74) is 3.36. The summed E-state index contributed by atoms with van der Waals surface area (Å²) in [4.78, 5) is 2.15. The summed E-state index contributed by atoms with van der Waals surface area (Å²) in [6.45, 7) is 3.60. The van der Waals surface area contributed by atoms with Crippen molar-refractivity contribution < 1.29 is 4.39 Å². The fraction of sp³-hybridized carbons (Fsp3) is 0.357. The normalized spacial score (nSPS) is 11.2. The molecular formula is C14H18FN3. The Morgan fingerprint density at radius 1 is 1.33 bits per heavy atom. The van der Waals surface area contributed by atoms with Gasteiger partial charge in [-0.25, -0.2) is 4.39 Å². The first kappa shape index (κ1) is 12.8. The van der Waals surface area contributed by atoms with Crippen LogP contribution >= 0.6 is 0 Å². The number of aryl methyl sites for hydroxylation is 1. The van der Waals surface area contributed by atoms with Gasteiger partial charge < -0.3 is 0 Å². The Morgan fingerprint density at radius 3 is 2.72 bits per heavy atom. The molecule has 3 nitrogen and oxygen atoms in total. The molecule has 1 aromatic heterocycles. The second kappa shape index (κ2) is 5.31. The smallest absolute Gasteiger partial charge is 0.123 e. The molecule has 18 heavy (non-hydrogen) atoms. The molecule has 2 aromatic rings. The molecule has 1 aromatic carbocycles. The van der Waals surface area contributed by atoms with Gasteiger partial charge in [-0.3, -0.25) is 9.58 Å². The molecule has 4 heteroatoms. The Kier molecular flexibility index (Phi) is 3.77. The number of hydrogen-bond donors (Lipinski definition) is 0. The third-order valence-corrected chi connectivity index (χ3v) is 3.12. The molecule has 0 saturated carbocycles. The molecule has 0 unspecified atom stereocenters. The average molecular weight is 247 g/mol. The number of aromatic nitrogens is 2. The summed E-state index contributed by atoms with van der Waals surface area (Å²) >= 11 is 0. The SMILES string of the molecule is Cc1c(CN(C)Cc2cccc(F)c2)cnn1C. The van der Waals surface area contributed by atoms with E-state index in [9.17, 15) is 4.39 Å². The van der Waals surface area contributed by atoms with Crippen LogP contribution < -0.4 is 0 Å². The largest absolute Gasteiger partial charge is 0.298 e. The second-order valence-corrected chi connectivity index (χ2v) is 4.68. The quantitative estimate of drug-likeness (QED) is 0.827. The van der Waals surface area contributed by atoms with E-state index in [1.54, 1.807) is 12.1 Å². The highest BCUT2D eigenvalue weighted by Gasteiger charge is 2.07. The molecular weight excluding hydrogens is 229 g/mol. The first-order valence-electron chi connectivity index (χ1n) is 5.96. The molecule has 0 fully saturated rings. The second-order valence-electron chi connectivity index (χ2n) is 4.68. The van der Waals surface area contributed by atoms with Crippen molar-refractivity contribution in [3.63, 3.8) is 0 Å². The lowest BCUT2D eigenvalue weighted by Gasteiger charge is -2.16. The Morgan fingerprint density at radius 2 is 2.11 bits per heavy atom. The van der Waals surface area contributed by atoms with E-state index in [4.69, 9.17) is 0 Å². The van der Waals surface area contributed by atoms with Gasteiger partial charge in [-0.15, -0.1) is 0 Å². The maximum Gasteiger partial charge on any atom is 0.123 e. The van der Waals surface area contributed by atoms with Crippen molar-refractivity contribution in [2.24, 2.45) is 7.05 Å². The lowest BCUT2D eigenvalue weighted by Crippen LogP contribution is -2.17. The van der Waals surface area contributed by atoms with Crippen LogP contribution in [0.5, 0.6) is 0 Å². The van der Waals surface area contributed by atoms with Crippen molar-refractivity contribution >= 4 is 0 Å². The minimum atomic E-state index is -0.182. The van der Waals surface area contributed by atoms with Crippen molar-refractivity contribution in [2.45, 2.75) is 20.0 Å². The van der Waals surface area contributed by atoms with Gasteiger partial charge in [0.25, 0.3) is 0 Å². The number of nitrogens with zero attached hydrogens (tertiary/aromatic N) is 3. The van der Waals surface area contributed by atoms with Crippen LogP contribution in [0, 0.1) is 12.7 Å². The maximum atomic E-state index is 13.1. The lowest BCUT2D eigenvalue weighted by atomic mass is 10.2. The number of rotatable bonds is 4. The van der Waals surface area contributed by atoms with Crippen LogP contribution in [0.3, 0.4) is 0 Å².